The van der Waals surface area contributed by atoms with Crippen molar-refractivity contribution in [2.75, 3.05) is 6.61 Å². The normalized spacial score (nSPS) is 13.9. The number of aliphatic hydroxyl groups excluding tert-OH is 2. The van der Waals surface area contributed by atoms with Gasteiger partial charge in [0.15, 0.2) is 0 Å². The van der Waals surface area contributed by atoms with Crippen molar-refractivity contribution in [3.05, 3.63) is 85.1 Å². The molecule has 0 heterocycles. The molecular formula is C57H99NO5. The number of carbonyl (C=O) groups excluding carboxylic acids is 2. The van der Waals surface area contributed by atoms with Gasteiger partial charge < -0.3 is 20.3 Å². The van der Waals surface area contributed by atoms with Crippen molar-refractivity contribution >= 4 is 11.9 Å². The van der Waals surface area contributed by atoms with E-state index in [0.717, 1.165) is 116 Å². The molecule has 1 amide bonds. The standard InChI is InChI=1S/C57H99NO5/c1-4-7-10-13-16-19-22-25-27-28-29-30-32-35-38-41-44-47-50-57(62)63-53(48-45-42-39-36-33-31-26-23-20-17-14-11-8-5-2)51-56(61)58-54(52-59)55(60)49-46-43-40-37-34-24-21-18-15-12-9-6-3/h8,11,16-17,19-20,22,25-31,53-55,59-60H,4-7,9-10,12-15,18,21,23-24,32-52H2,1-3H3,(H,58,61)/b11-8+,19-16+,20-17+,25-22+,28-27+,30-29+,31-26+. The highest BCUT2D eigenvalue weighted by molar-refractivity contribution is 5.77. The van der Waals surface area contributed by atoms with Crippen molar-refractivity contribution in [1.29, 1.82) is 0 Å². The quantitative estimate of drug-likeness (QED) is 0.0245. The van der Waals surface area contributed by atoms with Crippen LogP contribution >= 0.6 is 0 Å². The molecule has 0 aliphatic rings. The molecule has 0 spiro atoms. The molecule has 0 fully saturated rings. The van der Waals surface area contributed by atoms with Crippen LogP contribution in [0.3, 0.4) is 0 Å². The molecule has 3 N–H and O–H groups in total. The maximum atomic E-state index is 13.2. The first-order valence-corrected chi connectivity index (χ1v) is 26.4. The number of nitrogens with one attached hydrogen (secondary N) is 1. The lowest BCUT2D eigenvalue weighted by Crippen LogP contribution is -2.46. The zero-order chi connectivity index (χ0) is 45.9. The summed E-state index contributed by atoms with van der Waals surface area (Å²) < 4.78 is 5.92. The van der Waals surface area contributed by atoms with Gasteiger partial charge in [-0.15, -0.1) is 0 Å². The Balaban J connectivity index is 4.67. The van der Waals surface area contributed by atoms with Crippen LogP contribution in [0.1, 0.15) is 239 Å². The predicted molar refractivity (Wildman–Crippen MR) is 273 cm³/mol. The first-order valence-electron chi connectivity index (χ1n) is 26.4. The Bertz CT molecular complexity index is 1210. The van der Waals surface area contributed by atoms with Gasteiger partial charge in [0.25, 0.3) is 0 Å². The van der Waals surface area contributed by atoms with E-state index in [1.165, 1.54) is 77.0 Å². The zero-order valence-electron chi connectivity index (χ0n) is 41.2. The Morgan fingerprint density at radius 2 is 0.921 bits per heavy atom. The van der Waals surface area contributed by atoms with Gasteiger partial charge >= 0.3 is 5.97 Å². The van der Waals surface area contributed by atoms with Crippen molar-refractivity contribution < 1.29 is 24.5 Å². The first-order chi connectivity index (χ1) is 31.0. The van der Waals surface area contributed by atoms with Gasteiger partial charge in [0.2, 0.25) is 5.91 Å². The summed E-state index contributed by atoms with van der Waals surface area (Å²) in [5.41, 5.74) is 0. The Labute approximate surface area is 389 Å². The fraction of sp³-hybridized carbons (Fsp3) is 0.719. The second-order valence-corrected chi connectivity index (χ2v) is 17.6. The minimum atomic E-state index is -0.802. The molecule has 0 aromatic carbocycles. The Kier molecular flexibility index (Phi) is 47.7. The van der Waals surface area contributed by atoms with E-state index in [4.69, 9.17) is 4.74 Å². The molecule has 6 nitrogen and oxygen atoms in total. The Morgan fingerprint density at radius 3 is 1.48 bits per heavy atom. The SMILES string of the molecule is CC/C=C/C/C=C/C/C=C/CCCCCCC(CC(=O)NC(CO)C(O)CCCCCCCCCCCCCC)OC(=O)CCCCCCC/C=C/C=C/C=C/C=C/CCCCC. The average molecular weight is 878 g/mol. The summed E-state index contributed by atoms with van der Waals surface area (Å²) in [6.45, 7) is 6.32. The fourth-order valence-electron chi connectivity index (χ4n) is 7.57. The van der Waals surface area contributed by atoms with Crippen LogP contribution in [-0.4, -0.2) is 46.9 Å². The van der Waals surface area contributed by atoms with Crippen LogP contribution in [0.25, 0.3) is 0 Å². The van der Waals surface area contributed by atoms with E-state index in [9.17, 15) is 19.8 Å². The summed E-state index contributed by atoms with van der Waals surface area (Å²) >= 11 is 0. The monoisotopic (exact) mass is 878 g/mol. The van der Waals surface area contributed by atoms with Gasteiger partial charge in [-0.05, 0) is 83.5 Å². The molecule has 0 rings (SSSR count). The number of rotatable bonds is 46. The second kappa shape index (κ2) is 50.0. The van der Waals surface area contributed by atoms with Crippen LogP contribution in [0.15, 0.2) is 85.1 Å². The van der Waals surface area contributed by atoms with Gasteiger partial charge in [-0.25, -0.2) is 0 Å². The molecule has 0 aromatic rings. The summed E-state index contributed by atoms with van der Waals surface area (Å²) in [7, 11) is 0. The number of hydrogen-bond acceptors (Lipinski definition) is 5. The lowest BCUT2D eigenvalue weighted by atomic mass is 10.0. The third kappa shape index (κ3) is 45.4. The van der Waals surface area contributed by atoms with Gasteiger partial charge in [-0.2, -0.15) is 0 Å². The van der Waals surface area contributed by atoms with E-state index in [-0.39, 0.29) is 24.9 Å². The third-order valence-corrected chi connectivity index (χ3v) is 11.6. The number of hydrogen-bond donors (Lipinski definition) is 3. The van der Waals surface area contributed by atoms with E-state index in [1.807, 2.05) is 0 Å². The van der Waals surface area contributed by atoms with Crippen LogP contribution in [0, 0.1) is 0 Å². The van der Waals surface area contributed by atoms with Crippen LogP contribution in [-0.2, 0) is 14.3 Å². The molecule has 6 heteroatoms. The third-order valence-electron chi connectivity index (χ3n) is 11.6. The van der Waals surface area contributed by atoms with Crippen LogP contribution in [0.2, 0.25) is 0 Å². The van der Waals surface area contributed by atoms with Crippen molar-refractivity contribution in [1.82, 2.24) is 5.32 Å². The van der Waals surface area contributed by atoms with Crippen molar-refractivity contribution in [3.63, 3.8) is 0 Å². The van der Waals surface area contributed by atoms with E-state index in [2.05, 4.69) is 111 Å². The number of esters is 1. The molecule has 0 aliphatic heterocycles. The largest absolute Gasteiger partial charge is 0.462 e. The minimum absolute atomic E-state index is 0.0488. The number of allylic oxidation sites excluding steroid dienone is 14. The van der Waals surface area contributed by atoms with E-state index < -0.39 is 18.2 Å². The van der Waals surface area contributed by atoms with E-state index in [0.29, 0.717) is 19.3 Å². The Hall–Kier alpha value is -2.96. The predicted octanol–water partition coefficient (Wildman–Crippen LogP) is 16.0. The van der Waals surface area contributed by atoms with E-state index in [1.54, 1.807) is 0 Å². The van der Waals surface area contributed by atoms with Gasteiger partial charge in [0.1, 0.15) is 6.10 Å². The summed E-state index contributed by atoms with van der Waals surface area (Å²) in [5, 5.41) is 23.8. The lowest BCUT2D eigenvalue weighted by molar-refractivity contribution is -0.151. The molecule has 3 unspecified atom stereocenters. The lowest BCUT2D eigenvalue weighted by Gasteiger charge is -2.24. The molecule has 3 atom stereocenters. The first kappa shape index (κ1) is 60.0. The zero-order valence-corrected chi connectivity index (χ0v) is 41.2. The van der Waals surface area contributed by atoms with Crippen LogP contribution in [0.5, 0.6) is 0 Å². The fourth-order valence-corrected chi connectivity index (χ4v) is 7.57. The van der Waals surface area contributed by atoms with E-state index >= 15 is 0 Å². The molecule has 0 saturated carbocycles. The van der Waals surface area contributed by atoms with Crippen LogP contribution < -0.4 is 5.32 Å². The minimum Gasteiger partial charge on any atom is -0.462 e. The summed E-state index contributed by atoms with van der Waals surface area (Å²) in [4.78, 5) is 26.2. The highest BCUT2D eigenvalue weighted by Gasteiger charge is 2.24. The van der Waals surface area contributed by atoms with Gasteiger partial charge in [-0.3, -0.25) is 9.59 Å². The Morgan fingerprint density at radius 1 is 0.492 bits per heavy atom. The maximum absolute atomic E-state index is 13.2. The summed E-state index contributed by atoms with van der Waals surface area (Å²) in [6.07, 6.45) is 64.9. The molecule has 0 aliphatic carbocycles. The van der Waals surface area contributed by atoms with Crippen molar-refractivity contribution in [3.8, 4) is 0 Å². The number of amides is 1. The molecule has 0 saturated heterocycles. The topological polar surface area (TPSA) is 95.9 Å². The highest BCUT2D eigenvalue weighted by Crippen LogP contribution is 2.17. The van der Waals surface area contributed by atoms with Crippen molar-refractivity contribution in [2.24, 2.45) is 0 Å². The van der Waals surface area contributed by atoms with Gasteiger partial charge in [-0.1, -0.05) is 228 Å². The second-order valence-electron chi connectivity index (χ2n) is 17.6. The number of ether oxygens (including phenoxy) is 1. The summed E-state index contributed by atoms with van der Waals surface area (Å²) in [5.74, 6) is -0.526. The van der Waals surface area contributed by atoms with Gasteiger partial charge in [0.05, 0.1) is 25.2 Å². The number of aliphatic hydroxyl groups is 2. The number of unbranched alkanes of at least 4 members (excludes halogenated alkanes) is 23. The smallest absolute Gasteiger partial charge is 0.306 e. The molecule has 0 bridgehead atoms. The highest BCUT2D eigenvalue weighted by atomic mass is 16.5. The molecule has 0 aromatic heterocycles. The van der Waals surface area contributed by atoms with Crippen LogP contribution in [0.4, 0.5) is 0 Å². The number of carbonyl (C=O) groups is 2. The molecule has 362 valence electrons. The molecular weight excluding hydrogens is 779 g/mol. The molecule has 0 radical (unpaired) electrons. The van der Waals surface area contributed by atoms with Crippen molar-refractivity contribution in [2.45, 2.75) is 257 Å². The molecule has 63 heavy (non-hydrogen) atoms. The maximum Gasteiger partial charge on any atom is 0.306 e. The van der Waals surface area contributed by atoms with Gasteiger partial charge in [0, 0.05) is 6.42 Å². The summed E-state index contributed by atoms with van der Waals surface area (Å²) in [6, 6.07) is -0.718. The average Bonchev–Trinajstić information content (AvgIpc) is 3.28.